The van der Waals surface area contributed by atoms with Crippen molar-refractivity contribution in [2.75, 3.05) is 0 Å². The summed E-state index contributed by atoms with van der Waals surface area (Å²) < 4.78 is 1.93. The van der Waals surface area contributed by atoms with Gasteiger partial charge in [-0.2, -0.15) is 5.10 Å². The van der Waals surface area contributed by atoms with Gasteiger partial charge in [0.25, 0.3) is 5.91 Å². The quantitative estimate of drug-likeness (QED) is 0.857. The molecule has 1 amide bonds. The van der Waals surface area contributed by atoms with Crippen LogP contribution < -0.4 is 11.1 Å². The molecule has 136 valence electrons. The fraction of sp³-hybridized carbons (Fsp3) is 0.778. The minimum Gasteiger partial charge on any atom is -0.349 e. The minimum absolute atomic E-state index is 0. The second-order valence-corrected chi connectivity index (χ2v) is 8.41. The van der Waals surface area contributed by atoms with Crippen LogP contribution in [0.25, 0.3) is 0 Å². The molecule has 3 N–H and O–H groups in total. The van der Waals surface area contributed by atoms with Crippen molar-refractivity contribution in [3.63, 3.8) is 0 Å². The summed E-state index contributed by atoms with van der Waals surface area (Å²) in [5.41, 5.74) is 7.70. The lowest BCUT2D eigenvalue weighted by Gasteiger charge is -2.45. The molecule has 0 spiro atoms. The highest BCUT2D eigenvalue weighted by Crippen LogP contribution is 2.39. The monoisotopic (exact) mass is 354 g/mol. The molecule has 1 heterocycles. The zero-order valence-corrected chi connectivity index (χ0v) is 16.0. The van der Waals surface area contributed by atoms with Gasteiger partial charge in [0.2, 0.25) is 0 Å². The standard InChI is InChI=1S/C18H30N4O.ClH/c1-11-15(10-20-22(11)18(2,3)4)17(23)21-16-12-6-5-7-13(16)9-14(19)8-12;/h10,12-14,16H,5-9,19H2,1-4H3,(H,21,23);1H. The zero-order valence-electron chi connectivity index (χ0n) is 15.2. The molecule has 6 heteroatoms. The Morgan fingerprint density at radius 1 is 1.29 bits per heavy atom. The summed E-state index contributed by atoms with van der Waals surface area (Å²) in [6.45, 7) is 8.27. The van der Waals surface area contributed by atoms with Crippen LogP contribution in [0.2, 0.25) is 0 Å². The number of nitrogens with one attached hydrogen (secondary N) is 1. The molecule has 1 aromatic rings. The maximum Gasteiger partial charge on any atom is 0.254 e. The largest absolute Gasteiger partial charge is 0.349 e. The van der Waals surface area contributed by atoms with Crippen LogP contribution in [0.15, 0.2) is 6.20 Å². The molecule has 2 unspecified atom stereocenters. The summed E-state index contributed by atoms with van der Waals surface area (Å²) in [4.78, 5) is 12.8. The van der Waals surface area contributed by atoms with Gasteiger partial charge in [0, 0.05) is 17.8 Å². The van der Waals surface area contributed by atoms with Crippen LogP contribution in [0.3, 0.4) is 0 Å². The molecule has 2 saturated carbocycles. The van der Waals surface area contributed by atoms with Gasteiger partial charge in [0.1, 0.15) is 0 Å². The third-order valence-corrected chi connectivity index (χ3v) is 5.56. The van der Waals surface area contributed by atoms with Crippen molar-refractivity contribution in [3.8, 4) is 0 Å². The van der Waals surface area contributed by atoms with Crippen molar-refractivity contribution in [3.05, 3.63) is 17.5 Å². The van der Waals surface area contributed by atoms with Gasteiger partial charge >= 0.3 is 0 Å². The predicted octanol–water partition coefficient (Wildman–Crippen LogP) is 3.00. The lowest BCUT2D eigenvalue weighted by Crippen LogP contribution is -2.53. The first-order valence-corrected chi connectivity index (χ1v) is 8.89. The zero-order chi connectivity index (χ0) is 16.8. The Kier molecular flexibility index (Phi) is 5.65. The SMILES string of the molecule is Cc1c(C(=O)NC2C3CCCC2CC(N)C3)cnn1C(C)(C)C.Cl. The fourth-order valence-corrected chi connectivity index (χ4v) is 4.56. The summed E-state index contributed by atoms with van der Waals surface area (Å²) in [5, 5.41) is 7.74. The number of nitrogens with two attached hydrogens (primary N) is 1. The topological polar surface area (TPSA) is 72.9 Å². The molecule has 0 aliphatic heterocycles. The molecule has 2 fully saturated rings. The van der Waals surface area contributed by atoms with Crippen LogP contribution in [0.5, 0.6) is 0 Å². The molecule has 2 aliphatic rings. The van der Waals surface area contributed by atoms with Gasteiger partial charge in [-0.1, -0.05) is 6.42 Å². The van der Waals surface area contributed by atoms with E-state index in [0.29, 0.717) is 23.4 Å². The average Bonchev–Trinajstić information content (AvgIpc) is 2.81. The number of nitrogens with zero attached hydrogens (tertiary/aromatic N) is 2. The molecular formula is C18H31ClN4O. The Labute approximate surface area is 151 Å². The van der Waals surface area contributed by atoms with Crippen molar-refractivity contribution in [1.29, 1.82) is 0 Å². The molecular weight excluding hydrogens is 324 g/mol. The average molecular weight is 355 g/mol. The second-order valence-electron chi connectivity index (χ2n) is 8.41. The number of hydrogen-bond acceptors (Lipinski definition) is 3. The molecule has 0 aromatic carbocycles. The highest BCUT2D eigenvalue weighted by atomic mass is 35.5. The number of halogens is 1. The Morgan fingerprint density at radius 2 is 1.88 bits per heavy atom. The van der Waals surface area contributed by atoms with E-state index in [4.69, 9.17) is 5.73 Å². The van der Waals surface area contributed by atoms with E-state index < -0.39 is 0 Å². The lowest BCUT2D eigenvalue weighted by atomic mass is 9.67. The van der Waals surface area contributed by atoms with Gasteiger partial charge in [-0.3, -0.25) is 9.48 Å². The lowest BCUT2D eigenvalue weighted by molar-refractivity contribution is 0.0755. The van der Waals surface area contributed by atoms with Crippen molar-refractivity contribution in [2.24, 2.45) is 17.6 Å². The van der Waals surface area contributed by atoms with Crippen LogP contribution >= 0.6 is 12.4 Å². The third kappa shape index (κ3) is 3.62. The predicted molar refractivity (Wildman–Crippen MR) is 98.5 cm³/mol. The van der Waals surface area contributed by atoms with Gasteiger partial charge in [-0.05, 0) is 65.2 Å². The van der Waals surface area contributed by atoms with E-state index in [1.807, 2.05) is 11.6 Å². The summed E-state index contributed by atoms with van der Waals surface area (Å²) in [6, 6.07) is 0.595. The van der Waals surface area contributed by atoms with E-state index in [2.05, 4.69) is 31.2 Å². The first kappa shape index (κ1) is 19.3. The maximum absolute atomic E-state index is 12.8. The Hall–Kier alpha value is -1.07. The number of amides is 1. The number of hydrogen-bond donors (Lipinski definition) is 2. The Morgan fingerprint density at radius 3 is 2.38 bits per heavy atom. The number of carbonyl (C=O) groups is 1. The molecule has 2 atom stereocenters. The van der Waals surface area contributed by atoms with E-state index in [9.17, 15) is 4.79 Å². The van der Waals surface area contributed by atoms with Crippen LogP contribution in [0.4, 0.5) is 0 Å². The Balaban J connectivity index is 0.00000208. The number of carbonyl (C=O) groups excluding carboxylic acids is 1. The van der Waals surface area contributed by atoms with Gasteiger partial charge in [-0.25, -0.2) is 0 Å². The van der Waals surface area contributed by atoms with Crippen LogP contribution in [-0.2, 0) is 5.54 Å². The summed E-state index contributed by atoms with van der Waals surface area (Å²) in [6.07, 6.45) is 7.45. The fourth-order valence-electron chi connectivity index (χ4n) is 4.56. The highest BCUT2D eigenvalue weighted by Gasteiger charge is 2.40. The van der Waals surface area contributed by atoms with E-state index in [1.54, 1.807) is 6.20 Å². The Bertz CT molecular complexity index is 578. The smallest absolute Gasteiger partial charge is 0.254 e. The van der Waals surface area contributed by atoms with Crippen LogP contribution in [0.1, 0.15) is 68.9 Å². The molecule has 5 nitrogen and oxygen atoms in total. The summed E-state index contributed by atoms with van der Waals surface area (Å²) in [5.74, 6) is 1.11. The van der Waals surface area contributed by atoms with E-state index in [-0.39, 0.29) is 29.9 Å². The van der Waals surface area contributed by atoms with Gasteiger partial charge in [0.15, 0.2) is 0 Å². The number of rotatable bonds is 2. The van der Waals surface area contributed by atoms with Crippen molar-refractivity contribution >= 4 is 18.3 Å². The normalized spacial score (nSPS) is 29.7. The molecule has 24 heavy (non-hydrogen) atoms. The maximum atomic E-state index is 12.8. The number of aromatic nitrogens is 2. The number of fused-ring (bicyclic) bond motifs is 2. The van der Waals surface area contributed by atoms with Crippen LogP contribution in [0, 0.1) is 18.8 Å². The van der Waals surface area contributed by atoms with E-state index in [0.717, 1.165) is 18.5 Å². The summed E-state index contributed by atoms with van der Waals surface area (Å²) in [7, 11) is 0. The van der Waals surface area contributed by atoms with E-state index in [1.165, 1.54) is 19.3 Å². The van der Waals surface area contributed by atoms with E-state index >= 15 is 0 Å². The second kappa shape index (κ2) is 7.04. The third-order valence-electron chi connectivity index (χ3n) is 5.56. The molecule has 1 aromatic heterocycles. The molecule has 3 rings (SSSR count). The van der Waals surface area contributed by atoms with Crippen molar-refractivity contribution in [1.82, 2.24) is 15.1 Å². The molecule has 2 bridgehead atoms. The molecule has 2 aliphatic carbocycles. The highest BCUT2D eigenvalue weighted by molar-refractivity contribution is 5.95. The van der Waals surface area contributed by atoms with Crippen molar-refractivity contribution in [2.45, 2.75) is 77.4 Å². The first-order chi connectivity index (χ1) is 10.8. The van der Waals surface area contributed by atoms with Crippen LogP contribution in [-0.4, -0.2) is 27.8 Å². The van der Waals surface area contributed by atoms with Gasteiger partial charge < -0.3 is 11.1 Å². The molecule has 0 radical (unpaired) electrons. The summed E-state index contributed by atoms with van der Waals surface area (Å²) >= 11 is 0. The first-order valence-electron chi connectivity index (χ1n) is 8.89. The van der Waals surface area contributed by atoms with Crippen molar-refractivity contribution < 1.29 is 4.79 Å². The minimum atomic E-state index is -0.114. The van der Waals surface area contributed by atoms with Gasteiger partial charge in [0.05, 0.1) is 17.3 Å². The molecule has 0 saturated heterocycles. The van der Waals surface area contributed by atoms with Gasteiger partial charge in [-0.15, -0.1) is 12.4 Å².